The van der Waals surface area contributed by atoms with Gasteiger partial charge in [0.2, 0.25) is 0 Å². The zero-order chi connectivity index (χ0) is 15.1. The molecule has 20 heavy (non-hydrogen) atoms. The van der Waals surface area contributed by atoms with Gasteiger partial charge in [-0.2, -0.15) is 0 Å². The number of aliphatic hydroxyl groups is 1. The fourth-order valence-electron chi connectivity index (χ4n) is 1.91. The Kier molecular flexibility index (Phi) is 7.30. The lowest BCUT2D eigenvalue weighted by atomic mass is 10.1. The fraction of sp³-hybridized carbons (Fsp3) is 0.500. The highest BCUT2D eigenvalue weighted by Gasteiger charge is 2.14. The van der Waals surface area contributed by atoms with Gasteiger partial charge in [0.25, 0.3) is 0 Å². The van der Waals surface area contributed by atoms with Crippen LogP contribution >= 0.6 is 23.2 Å². The zero-order valence-electron chi connectivity index (χ0n) is 11.4. The van der Waals surface area contributed by atoms with E-state index in [1.165, 1.54) is 0 Å². The number of carboxylic acids is 1. The summed E-state index contributed by atoms with van der Waals surface area (Å²) in [7, 11) is 0. The Balaban J connectivity index is 2.52. The average molecular weight is 320 g/mol. The zero-order valence-corrected chi connectivity index (χ0v) is 12.9. The van der Waals surface area contributed by atoms with Crippen molar-refractivity contribution in [1.29, 1.82) is 0 Å². The molecule has 1 aromatic carbocycles. The van der Waals surface area contributed by atoms with Gasteiger partial charge < -0.3 is 15.1 Å². The molecule has 6 heteroatoms. The van der Waals surface area contributed by atoms with Crippen molar-refractivity contribution >= 4 is 29.2 Å². The van der Waals surface area contributed by atoms with E-state index in [-0.39, 0.29) is 6.42 Å². The largest absolute Gasteiger partial charge is 0.481 e. The van der Waals surface area contributed by atoms with Gasteiger partial charge in [-0.3, -0.25) is 4.79 Å². The number of hydrogen-bond donors (Lipinski definition) is 2. The Morgan fingerprint density at radius 1 is 1.35 bits per heavy atom. The average Bonchev–Trinajstić information content (AvgIpc) is 2.38. The van der Waals surface area contributed by atoms with Crippen molar-refractivity contribution in [2.24, 2.45) is 0 Å². The van der Waals surface area contributed by atoms with Crippen LogP contribution in [0.2, 0.25) is 10.0 Å². The van der Waals surface area contributed by atoms with Gasteiger partial charge in [-0.05, 0) is 30.7 Å². The molecule has 0 aromatic heterocycles. The first-order valence-electron chi connectivity index (χ1n) is 6.51. The second kappa shape index (κ2) is 8.47. The molecule has 0 fully saturated rings. The standard InChI is InChI=1S/C14H19Cl2NO3/c1-2-17(8-6-14(19)20)7-5-13(18)11-4-3-10(15)9-12(11)16/h3-4,9,13,18H,2,5-8H2,1H3,(H,19,20). The molecule has 1 atom stereocenters. The number of halogens is 2. The minimum atomic E-state index is -0.815. The summed E-state index contributed by atoms with van der Waals surface area (Å²) in [6.45, 7) is 3.80. The molecule has 1 aromatic rings. The van der Waals surface area contributed by atoms with Crippen LogP contribution in [0, 0.1) is 0 Å². The molecule has 0 saturated heterocycles. The number of aliphatic hydroxyl groups excluding tert-OH is 1. The maximum absolute atomic E-state index is 10.5. The predicted molar refractivity (Wildman–Crippen MR) is 80.4 cm³/mol. The quantitative estimate of drug-likeness (QED) is 0.772. The molecule has 0 spiro atoms. The Morgan fingerprint density at radius 3 is 2.60 bits per heavy atom. The summed E-state index contributed by atoms with van der Waals surface area (Å²) < 4.78 is 0. The van der Waals surface area contributed by atoms with Crippen molar-refractivity contribution in [3.05, 3.63) is 33.8 Å². The van der Waals surface area contributed by atoms with Gasteiger partial charge in [-0.25, -0.2) is 0 Å². The van der Waals surface area contributed by atoms with Crippen LogP contribution < -0.4 is 0 Å². The van der Waals surface area contributed by atoms with Crippen LogP contribution in [0.4, 0.5) is 0 Å². The molecular formula is C14H19Cl2NO3. The lowest BCUT2D eigenvalue weighted by molar-refractivity contribution is -0.137. The van der Waals surface area contributed by atoms with E-state index < -0.39 is 12.1 Å². The number of benzene rings is 1. The molecule has 0 heterocycles. The first-order chi connectivity index (χ1) is 9.43. The predicted octanol–water partition coefficient (Wildman–Crippen LogP) is 3.21. The van der Waals surface area contributed by atoms with Crippen LogP contribution in [0.15, 0.2) is 18.2 Å². The van der Waals surface area contributed by atoms with E-state index in [0.29, 0.717) is 35.1 Å². The van der Waals surface area contributed by atoms with Gasteiger partial charge in [0.15, 0.2) is 0 Å². The lowest BCUT2D eigenvalue weighted by Gasteiger charge is -2.21. The fourth-order valence-corrected chi connectivity index (χ4v) is 2.45. The number of carboxylic acid groups (broad SMARTS) is 1. The Labute approximate surface area is 128 Å². The van der Waals surface area contributed by atoms with Crippen LogP contribution in [0.25, 0.3) is 0 Å². The molecule has 4 nitrogen and oxygen atoms in total. The molecular weight excluding hydrogens is 301 g/mol. The summed E-state index contributed by atoms with van der Waals surface area (Å²) in [5.41, 5.74) is 0.644. The molecule has 0 saturated carbocycles. The van der Waals surface area contributed by atoms with Gasteiger partial charge in [-0.15, -0.1) is 0 Å². The van der Waals surface area contributed by atoms with Gasteiger partial charge >= 0.3 is 5.97 Å². The van der Waals surface area contributed by atoms with Crippen molar-refractivity contribution in [1.82, 2.24) is 4.90 Å². The highest BCUT2D eigenvalue weighted by atomic mass is 35.5. The second-order valence-corrected chi connectivity index (χ2v) is 5.39. The van der Waals surface area contributed by atoms with Gasteiger partial charge in [-0.1, -0.05) is 36.2 Å². The molecule has 0 aliphatic rings. The number of rotatable bonds is 8. The summed E-state index contributed by atoms with van der Waals surface area (Å²) in [6.07, 6.45) is -0.0841. The molecule has 0 aliphatic carbocycles. The number of carbonyl (C=O) groups is 1. The van der Waals surface area contributed by atoms with Crippen LogP contribution in [0.3, 0.4) is 0 Å². The minimum Gasteiger partial charge on any atom is -0.481 e. The van der Waals surface area contributed by atoms with Crippen molar-refractivity contribution in [2.45, 2.75) is 25.9 Å². The van der Waals surface area contributed by atoms with Gasteiger partial charge in [0.1, 0.15) is 0 Å². The second-order valence-electron chi connectivity index (χ2n) is 4.55. The first kappa shape index (κ1) is 17.2. The van der Waals surface area contributed by atoms with Crippen LogP contribution in [0.5, 0.6) is 0 Å². The molecule has 0 radical (unpaired) electrons. The van der Waals surface area contributed by atoms with Crippen LogP contribution in [0.1, 0.15) is 31.4 Å². The third-order valence-electron chi connectivity index (χ3n) is 3.13. The minimum absolute atomic E-state index is 0.103. The highest BCUT2D eigenvalue weighted by molar-refractivity contribution is 6.35. The summed E-state index contributed by atoms with van der Waals surface area (Å²) in [6, 6.07) is 5.00. The molecule has 0 bridgehead atoms. The van der Waals surface area contributed by atoms with E-state index in [1.807, 2.05) is 11.8 Å². The monoisotopic (exact) mass is 319 g/mol. The Morgan fingerprint density at radius 2 is 2.05 bits per heavy atom. The van der Waals surface area contributed by atoms with E-state index >= 15 is 0 Å². The third kappa shape index (κ3) is 5.67. The van der Waals surface area contributed by atoms with Crippen LogP contribution in [-0.2, 0) is 4.79 Å². The normalized spacial score (nSPS) is 12.7. The SMILES string of the molecule is CCN(CCC(=O)O)CCC(O)c1ccc(Cl)cc1Cl. The van der Waals surface area contributed by atoms with E-state index in [0.717, 1.165) is 6.54 Å². The van der Waals surface area contributed by atoms with E-state index in [1.54, 1.807) is 18.2 Å². The summed E-state index contributed by atoms with van der Waals surface area (Å²) in [4.78, 5) is 12.5. The van der Waals surface area contributed by atoms with Crippen molar-refractivity contribution in [2.75, 3.05) is 19.6 Å². The van der Waals surface area contributed by atoms with Gasteiger partial charge in [0, 0.05) is 23.1 Å². The molecule has 2 N–H and O–H groups in total. The van der Waals surface area contributed by atoms with E-state index in [2.05, 4.69) is 0 Å². The van der Waals surface area contributed by atoms with E-state index in [4.69, 9.17) is 28.3 Å². The number of nitrogens with zero attached hydrogens (tertiary/aromatic N) is 1. The number of hydrogen-bond acceptors (Lipinski definition) is 3. The maximum atomic E-state index is 10.5. The smallest absolute Gasteiger partial charge is 0.304 e. The van der Waals surface area contributed by atoms with Gasteiger partial charge in [0.05, 0.1) is 12.5 Å². The summed E-state index contributed by atoms with van der Waals surface area (Å²) in [5, 5.41) is 19.8. The first-order valence-corrected chi connectivity index (χ1v) is 7.26. The van der Waals surface area contributed by atoms with Crippen molar-refractivity contribution < 1.29 is 15.0 Å². The van der Waals surface area contributed by atoms with Crippen molar-refractivity contribution in [3.63, 3.8) is 0 Å². The topological polar surface area (TPSA) is 60.8 Å². The third-order valence-corrected chi connectivity index (χ3v) is 3.69. The van der Waals surface area contributed by atoms with Crippen LogP contribution in [-0.4, -0.2) is 40.7 Å². The Hall–Kier alpha value is -0.810. The highest BCUT2D eigenvalue weighted by Crippen LogP contribution is 2.28. The summed E-state index contributed by atoms with van der Waals surface area (Å²) >= 11 is 11.9. The molecule has 0 aliphatic heterocycles. The molecule has 1 unspecified atom stereocenters. The molecule has 0 amide bonds. The van der Waals surface area contributed by atoms with E-state index in [9.17, 15) is 9.90 Å². The lowest BCUT2D eigenvalue weighted by Crippen LogP contribution is -2.28. The summed E-state index contributed by atoms with van der Waals surface area (Å²) in [5.74, 6) is -0.815. The molecule has 1 rings (SSSR count). The Bertz CT molecular complexity index is 454. The molecule has 112 valence electrons. The maximum Gasteiger partial charge on any atom is 0.304 e. The number of aliphatic carboxylic acids is 1. The van der Waals surface area contributed by atoms with Crippen molar-refractivity contribution in [3.8, 4) is 0 Å².